The summed E-state index contributed by atoms with van der Waals surface area (Å²) in [5, 5.41) is 6.76. The number of aromatic nitrogens is 2. The maximum Gasteiger partial charge on any atom is 0.360 e. The lowest BCUT2D eigenvalue weighted by Gasteiger charge is -2.16. The Balaban J connectivity index is 2.17. The van der Waals surface area contributed by atoms with Crippen molar-refractivity contribution in [3.63, 3.8) is 0 Å². The number of amides is 1. The van der Waals surface area contributed by atoms with Crippen LogP contribution in [-0.2, 0) is 16.6 Å². The standard InChI is InChI=1S/C16H18BrN3O4/c1-9-13(14(16(22)23-4)19-20(9)3)18-15(21)10(2)24-12-8-6-5-7-11(12)17/h5-8,10H,1-4H3,(H,18,21). The van der Waals surface area contributed by atoms with E-state index in [2.05, 4.69) is 26.3 Å². The summed E-state index contributed by atoms with van der Waals surface area (Å²) in [4.78, 5) is 24.2. The van der Waals surface area contributed by atoms with E-state index in [-0.39, 0.29) is 5.69 Å². The van der Waals surface area contributed by atoms with Crippen molar-refractivity contribution in [2.45, 2.75) is 20.0 Å². The minimum atomic E-state index is -0.770. The molecule has 0 aliphatic carbocycles. The minimum Gasteiger partial charge on any atom is -0.480 e. The minimum absolute atomic E-state index is 0.0546. The molecule has 0 bridgehead atoms. The molecule has 0 saturated heterocycles. The number of para-hydroxylation sites is 1. The SMILES string of the molecule is COC(=O)c1nn(C)c(C)c1NC(=O)C(C)Oc1ccccc1Br. The molecule has 0 saturated carbocycles. The van der Waals surface area contributed by atoms with Crippen LogP contribution in [0, 0.1) is 6.92 Å². The summed E-state index contributed by atoms with van der Waals surface area (Å²) in [5.74, 6) is -0.461. The van der Waals surface area contributed by atoms with Gasteiger partial charge in [-0.1, -0.05) is 12.1 Å². The van der Waals surface area contributed by atoms with Crippen LogP contribution in [0.1, 0.15) is 23.1 Å². The van der Waals surface area contributed by atoms with Gasteiger partial charge in [0.25, 0.3) is 5.91 Å². The molecule has 1 heterocycles. The third kappa shape index (κ3) is 3.76. The zero-order valence-corrected chi connectivity index (χ0v) is 15.4. The number of aryl methyl sites for hydroxylation is 1. The number of nitrogens with one attached hydrogen (secondary N) is 1. The van der Waals surface area contributed by atoms with Gasteiger partial charge in [0, 0.05) is 7.05 Å². The highest BCUT2D eigenvalue weighted by Gasteiger charge is 2.24. The third-order valence-corrected chi connectivity index (χ3v) is 4.13. The van der Waals surface area contributed by atoms with E-state index in [1.54, 1.807) is 27.0 Å². The van der Waals surface area contributed by atoms with E-state index in [9.17, 15) is 9.59 Å². The van der Waals surface area contributed by atoms with Gasteiger partial charge in [-0.3, -0.25) is 9.48 Å². The highest BCUT2D eigenvalue weighted by Crippen LogP contribution is 2.26. The first kappa shape index (κ1) is 18.0. The summed E-state index contributed by atoms with van der Waals surface area (Å²) in [7, 11) is 2.94. The van der Waals surface area contributed by atoms with Crippen LogP contribution in [0.5, 0.6) is 5.75 Å². The molecule has 1 amide bonds. The zero-order chi connectivity index (χ0) is 17.9. The number of methoxy groups -OCH3 is 1. The molecule has 1 aromatic heterocycles. The van der Waals surface area contributed by atoms with Gasteiger partial charge in [-0.2, -0.15) is 5.10 Å². The quantitative estimate of drug-likeness (QED) is 0.786. The van der Waals surface area contributed by atoms with Gasteiger partial charge in [0.05, 0.1) is 23.0 Å². The first-order valence-electron chi connectivity index (χ1n) is 7.19. The number of halogens is 1. The molecule has 0 fully saturated rings. The summed E-state index contributed by atoms with van der Waals surface area (Å²) in [6.45, 7) is 3.37. The van der Waals surface area contributed by atoms with Crippen LogP contribution in [0.25, 0.3) is 0 Å². The highest BCUT2D eigenvalue weighted by atomic mass is 79.9. The van der Waals surface area contributed by atoms with Crippen LogP contribution in [0.2, 0.25) is 0 Å². The smallest absolute Gasteiger partial charge is 0.360 e. The van der Waals surface area contributed by atoms with Crippen LogP contribution < -0.4 is 10.1 Å². The lowest BCUT2D eigenvalue weighted by Crippen LogP contribution is -2.31. The van der Waals surface area contributed by atoms with Crippen molar-refractivity contribution >= 4 is 33.5 Å². The molecule has 7 nitrogen and oxygen atoms in total. The molecule has 1 aromatic carbocycles. The van der Waals surface area contributed by atoms with Crippen molar-refractivity contribution in [3.8, 4) is 5.75 Å². The average molecular weight is 396 g/mol. The largest absolute Gasteiger partial charge is 0.480 e. The second-order valence-corrected chi connectivity index (χ2v) is 5.96. The van der Waals surface area contributed by atoms with E-state index in [1.807, 2.05) is 18.2 Å². The van der Waals surface area contributed by atoms with Crippen molar-refractivity contribution in [2.24, 2.45) is 7.05 Å². The first-order valence-corrected chi connectivity index (χ1v) is 7.98. The second kappa shape index (κ2) is 7.48. The van der Waals surface area contributed by atoms with Crippen molar-refractivity contribution in [1.29, 1.82) is 0 Å². The summed E-state index contributed by atoms with van der Waals surface area (Å²) in [6.07, 6.45) is -0.770. The van der Waals surface area contributed by atoms with E-state index in [0.29, 0.717) is 17.1 Å². The molecule has 128 valence electrons. The molecule has 0 aliphatic heterocycles. The molecule has 2 aromatic rings. The van der Waals surface area contributed by atoms with Crippen LogP contribution in [0.4, 0.5) is 5.69 Å². The molecule has 8 heteroatoms. The van der Waals surface area contributed by atoms with Crippen molar-refractivity contribution in [2.75, 3.05) is 12.4 Å². The van der Waals surface area contributed by atoms with E-state index in [0.717, 1.165) is 4.47 Å². The summed E-state index contributed by atoms with van der Waals surface area (Å²) in [5.41, 5.74) is 1.01. The Morgan fingerprint density at radius 1 is 1.33 bits per heavy atom. The van der Waals surface area contributed by atoms with Crippen molar-refractivity contribution in [3.05, 3.63) is 40.1 Å². The van der Waals surface area contributed by atoms with Crippen molar-refractivity contribution in [1.82, 2.24) is 9.78 Å². The Morgan fingerprint density at radius 3 is 2.62 bits per heavy atom. The summed E-state index contributed by atoms with van der Waals surface area (Å²) in [6, 6.07) is 7.23. The number of carbonyl (C=O) groups excluding carboxylic acids is 2. The summed E-state index contributed by atoms with van der Waals surface area (Å²) >= 11 is 3.36. The molecular formula is C16H18BrN3O4. The van der Waals surface area contributed by atoms with Gasteiger partial charge in [0.15, 0.2) is 11.8 Å². The van der Waals surface area contributed by atoms with Crippen LogP contribution in [0.15, 0.2) is 28.7 Å². The number of benzene rings is 1. The molecule has 1 unspecified atom stereocenters. The van der Waals surface area contributed by atoms with Gasteiger partial charge in [-0.15, -0.1) is 0 Å². The fourth-order valence-electron chi connectivity index (χ4n) is 2.01. The molecule has 0 aliphatic rings. The molecule has 24 heavy (non-hydrogen) atoms. The molecule has 0 spiro atoms. The number of ether oxygens (including phenoxy) is 2. The molecule has 0 radical (unpaired) electrons. The number of hydrogen-bond donors (Lipinski definition) is 1. The van der Waals surface area contributed by atoms with Crippen LogP contribution in [-0.4, -0.2) is 34.9 Å². The van der Waals surface area contributed by atoms with Crippen molar-refractivity contribution < 1.29 is 19.1 Å². The Hall–Kier alpha value is -2.35. The fraction of sp³-hybridized carbons (Fsp3) is 0.312. The van der Waals surface area contributed by atoms with E-state index >= 15 is 0 Å². The molecule has 1 atom stereocenters. The van der Waals surface area contributed by atoms with Gasteiger partial charge < -0.3 is 14.8 Å². The predicted molar refractivity (Wildman–Crippen MR) is 92.1 cm³/mol. The summed E-state index contributed by atoms with van der Waals surface area (Å²) < 4.78 is 12.6. The maximum atomic E-state index is 12.4. The van der Waals surface area contributed by atoms with Gasteiger partial charge in [-0.25, -0.2) is 4.79 Å². The Labute approximate surface area is 148 Å². The maximum absolute atomic E-state index is 12.4. The third-order valence-electron chi connectivity index (χ3n) is 3.47. The van der Waals surface area contributed by atoms with Crippen LogP contribution >= 0.6 is 15.9 Å². The normalized spacial score (nSPS) is 11.7. The lowest BCUT2D eigenvalue weighted by atomic mass is 10.2. The van der Waals surface area contributed by atoms with E-state index in [1.165, 1.54) is 11.8 Å². The number of carbonyl (C=O) groups is 2. The van der Waals surface area contributed by atoms with E-state index < -0.39 is 18.0 Å². The Kier molecular flexibility index (Phi) is 5.61. The van der Waals surface area contributed by atoms with Gasteiger partial charge in [-0.05, 0) is 41.9 Å². The average Bonchev–Trinajstić information content (AvgIpc) is 2.84. The molecular weight excluding hydrogens is 378 g/mol. The Bertz CT molecular complexity index is 773. The fourth-order valence-corrected chi connectivity index (χ4v) is 2.38. The van der Waals surface area contributed by atoms with Gasteiger partial charge in [0.1, 0.15) is 5.75 Å². The van der Waals surface area contributed by atoms with E-state index in [4.69, 9.17) is 9.47 Å². The zero-order valence-electron chi connectivity index (χ0n) is 13.8. The Morgan fingerprint density at radius 2 is 2.00 bits per heavy atom. The molecule has 2 rings (SSSR count). The predicted octanol–water partition coefficient (Wildman–Crippen LogP) is 2.68. The topological polar surface area (TPSA) is 82.5 Å². The van der Waals surface area contributed by atoms with Gasteiger partial charge >= 0.3 is 5.97 Å². The number of hydrogen-bond acceptors (Lipinski definition) is 5. The number of anilines is 1. The van der Waals surface area contributed by atoms with Crippen LogP contribution in [0.3, 0.4) is 0 Å². The highest BCUT2D eigenvalue weighted by molar-refractivity contribution is 9.10. The number of esters is 1. The molecule has 1 N–H and O–H groups in total. The monoisotopic (exact) mass is 395 g/mol. The number of rotatable bonds is 5. The van der Waals surface area contributed by atoms with Gasteiger partial charge in [0.2, 0.25) is 0 Å². The second-order valence-electron chi connectivity index (χ2n) is 5.10. The lowest BCUT2D eigenvalue weighted by molar-refractivity contribution is -0.122. The number of nitrogens with zero attached hydrogens (tertiary/aromatic N) is 2. The first-order chi connectivity index (χ1) is 11.3.